The zero-order chi connectivity index (χ0) is 11.4. The Morgan fingerprint density at radius 2 is 1.87 bits per heavy atom. The van der Waals surface area contributed by atoms with Crippen molar-refractivity contribution >= 4 is 11.6 Å². The summed E-state index contributed by atoms with van der Waals surface area (Å²) in [7, 11) is 1.80. The number of anilines is 1. The van der Waals surface area contributed by atoms with Gasteiger partial charge in [0.15, 0.2) is 0 Å². The second-order valence-corrected chi connectivity index (χ2v) is 3.28. The van der Waals surface area contributed by atoms with Crippen molar-refractivity contribution in [2.45, 2.75) is 26.9 Å². The molecule has 1 aromatic rings. The number of amides is 1. The molecule has 0 radical (unpaired) electrons. The molecule has 0 aromatic heterocycles. The first kappa shape index (κ1) is 11.6. The van der Waals surface area contributed by atoms with Crippen LogP contribution in [0.4, 0.5) is 5.69 Å². The molecule has 0 aliphatic carbocycles. The molecule has 2 rings (SSSR count). The number of carbonyl (C=O) groups excluding carboxylic acids is 1. The van der Waals surface area contributed by atoms with E-state index in [1.165, 1.54) is 0 Å². The minimum absolute atomic E-state index is 0.0717. The molecule has 1 aliphatic rings. The van der Waals surface area contributed by atoms with Crippen LogP contribution in [0.5, 0.6) is 0 Å². The van der Waals surface area contributed by atoms with Crippen LogP contribution in [-0.2, 0) is 0 Å². The number of hydrogen-bond acceptors (Lipinski definition) is 2. The van der Waals surface area contributed by atoms with Gasteiger partial charge in [-0.1, -0.05) is 26.0 Å². The van der Waals surface area contributed by atoms with Crippen LogP contribution in [0.2, 0.25) is 0 Å². The second-order valence-electron chi connectivity index (χ2n) is 3.28. The molecule has 3 nitrogen and oxygen atoms in total. The van der Waals surface area contributed by atoms with Crippen molar-refractivity contribution in [2.75, 3.05) is 12.4 Å². The molecule has 3 heteroatoms. The molecule has 1 amide bonds. The zero-order valence-electron chi connectivity index (χ0n) is 9.74. The summed E-state index contributed by atoms with van der Waals surface area (Å²) < 4.78 is 0. The molecular formula is C12H18N2O. The van der Waals surface area contributed by atoms with E-state index >= 15 is 0 Å². The summed E-state index contributed by atoms with van der Waals surface area (Å²) in [4.78, 5) is 13.4. The Morgan fingerprint density at radius 3 is 2.53 bits per heavy atom. The topological polar surface area (TPSA) is 32.3 Å². The van der Waals surface area contributed by atoms with E-state index in [0.717, 1.165) is 11.3 Å². The van der Waals surface area contributed by atoms with E-state index in [-0.39, 0.29) is 12.1 Å². The van der Waals surface area contributed by atoms with Crippen LogP contribution < -0.4 is 5.32 Å². The lowest BCUT2D eigenvalue weighted by molar-refractivity contribution is 0.0748. The minimum Gasteiger partial charge on any atom is -0.365 e. The maximum absolute atomic E-state index is 11.7. The van der Waals surface area contributed by atoms with E-state index in [4.69, 9.17) is 0 Å². The maximum atomic E-state index is 11.7. The van der Waals surface area contributed by atoms with Gasteiger partial charge in [-0.15, -0.1) is 0 Å². The summed E-state index contributed by atoms with van der Waals surface area (Å²) in [5, 5.41) is 3.25. The fraction of sp³-hybridized carbons (Fsp3) is 0.417. The average Bonchev–Trinajstić information content (AvgIpc) is 2.29. The van der Waals surface area contributed by atoms with E-state index in [1.54, 1.807) is 11.9 Å². The highest BCUT2D eigenvalue weighted by atomic mass is 16.2. The third-order valence-corrected chi connectivity index (χ3v) is 2.42. The van der Waals surface area contributed by atoms with Crippen molar-refractivity contribution in [2.24, 2.45) is 0 Å². The molecule has 1 aromatic carbocycles. The molecule has 1 atom stereocenters. The zero-order valence-corrected chi connectivity index (χ0v) is 9.74. The van der Waals surface area contributed by atoms with Gasteiger partial charge in [-0.25, -0.2) is 0 Å². The van der Waals surface area contributed by atoms with Crippen LogP contribution in [0.3, 0.4) is 0 Å². The van der Waals surface area contributed by atoms with Crippen molar-refractivity contribution < 1.29 is 4.79 Å². The number of benzene rings is 1. The van der Waals surface area contributed by atoms with Gasteiger partial charge in [0.25, 0.3) is 5.91 Å². The van der Waals surface area contributed by atoms with E-state index in [2.05, 4.69) is 5.32 Å². The lowest BCUT2D eigenvalue weighted by atomic mass is 10.1. The van der Waals surface area contributed by atoms with Gasteiger partial charge in [-0.2, -0.15) is 0 Å². The lowest BCUT2D eigenvalue weighted by Gasteiger charge is -2.32. The van der Waals surface area contributed by atoms with E-state index in [0.29, 0.717) is 0 Å². The molecule has 0 bridgehead atoms. The molecule has 0 saturated heterocycles. The van der Waals surface area contributed by atoms with Crippen LogP contribution in [0.15, 0.2) is 24.3 Å². The Bertz CT molecular complexity index is 349. The predicted octanol–water partition coefficient (Wildman–Crippen LogP) is 2.56. The lowest BCUT2D eigenvalue weighted by Crippen LogP contribution is -2.44. The summed E-state index contributed by atoms with van der Waals surface area (Å²) in [5.74, 6) is 0.0850. The highest BCUT2D eigenvalue weighted by molar-refractivity contribution is 6.01. The normalized spacial score (nSPS) is 18.5. The first-order chi connectivity index (χ1) is 7.20. The van der Waals surface area contributed by atoms with E-state index < -0.39 is 0 Å². The van der Waals surface area contributed by atoms with Crippen LogP contribution in [-0.4, -0.2) is 24.0 Å². The number of para-hydroxylation sites is 1. The van der Waals surface area contributed by atoms with E-state index in [9.17, 15) is 4.79 Å². The van der Waals surface area contributed by atoms with E-state index in [1.807, 2.05) is 45.0 Å². The number of nitrogens with one attached hydrogen (secondary N) is 1. The standard InChI is InChI=1S/C10H12N2O.C2H6/c1-7-11-9-6-4-3-5-8(9)10(13)12(7)2;1-2/h3-7,11H,1-2H3;1-2H3. The molecule has 15 heavy (non-hydrogen) atoms. The number of rotatable bonds is 0. The fourth-order valence-corrected chi connectivity index (χ4v) is 1.48. The van der Waals surface area contributed by atoms with Crippen molar-refractivity contribution in [1.82, 2.24) is 4.90 Å². The molecular weight excluding hydrogens is 188 g/mol. The minimum atomic E-state index is 0.0717. The van der Waals surface area contributed by atoms with Gasteiger partial charge in [0.1, 0.15) is 0 Å². The Morgan fingerprint density at radius 1 is 1.27 bits per heavy atom. The van der Waals surface area contributed by atoms with Crippen LogP contribution in [0.1, 0.15) is 31.1 Å². The molecule has 0 spiro atoms. The fourth-order valence-electron chi connectivity index (χ4n) is 1.48. The van der Waals surface area contributed by atoms with Gasteiger partial charge >= 0.3 is 0 Å². The molecule has 82 valence electrons. The van der Waals surface area contributed by atoms with Crippen molar-refractivity contribution in [3.63, 3.8) is 0 Å². The molecule has 1 heterocycles. The summed E-state index contributed by atoms with van der Waals surface area (Å²) >= 11 is 0. The third-order valence-electron chi connectivity index (χ3n) is 2.42. The Balaban J connectivity index is 0.000000531. The van der Waals surface area contributed by atoms with Gasteiger partial charge in [-0.3, -0.25) is 4.79 Å². The predicted molar refractivity (Wildman–Crippen MR) is 63.0 cm³/mol. The Hall–Kier alpha value is -1.51. The highest BCUT2D eigenvalue weighted by Crippen LogP contribution is 2.23. The van der Waals surface area contributed by atoms with Crippen LogP contribution in [0, 0.1) is 0 Å². The van der Waals surface area contributed by atoms with Gasteiger partial charge in [0.2, 0.25) is 0 Å². The molecule has 1 unspecified atom stereocenters. The monoisotopic (exact) mass is 206 g/mol. The van der Waals surface area contributed by atoms with Gasteiger partial charge in [0.05, 0.1) is 11.7 Å². The summed E-state index contributed by atoms with van der Waals surface area (Å²) in [5.41, 5.74) is 1.68. The van der Waals surface area contributed by atoms with Gasteiger partial charge in [0, 0.05) is 12.7 Å². The Labute approximate surface area is 91.1 Å². The first-order valence-electron chi connectivity index (χ1n) is 5.33. The number of carbonyl (C=O) groups is 1. The summed E-state index contributed by atoms with van der Waals surface area (Å²) in [6.07, 6.45) is 0.0717. The smallest absolute Gasteiger partial charge is 0.257 e. The first-order valence-corrected chi connectivity index (χ1v) is 5.33. The van der Waals surface area contributed by atoms with Crippen molar-refractivity contribution in [1.29, 1.82) is 0 Å². The largest absolute Gasteiger partial charge is 0.365 e. The van der Waals surface area contributed by atoms with Crippen LogP contribution >= 0.6 is 0 Å². The van der Waals surface area contributed by atoms with Gasteiger partial charge in [-0.05, 0) is 19.1 Å². The van der Waals surface area contributed by atoms with Gasteiger partial charge < -0.3 is 10.2 Å². The summed E-state index contributed by atoms with van der Waals surface area (Å²) in [6.45, 7) is 5.97. The molecule has 1 aliphatic heterocycles. The highest BCUT2D eigenvalue weighted by Gasteiger charge is 2.25. The van der Waals surface area contributed by atoms with Crippen molar-refractivity contribution in [3.8, 4) is 0 Å². The SMILES string of the molecule is CC.CC1Nc2ccccc2C(=O)N1C. The molecule has 1 N–H and O–H groups in total. The molecule has 0 saturated carbocycles. The second kappa shape index (κ2) is 4.82. The third kappa shape index (κ3) is 2.12. The number of nitrogens with zero attached hydrogens (tertiary/aromatic N) is 1. The maximum Gasteiger partial charge on any atom is 0.257 e. The van der Waals surface area contributed by atoms with Crippen LogP contribution in [0.25, 0.3) is 0 Å². The Kier molecular flexibility index (Phi) is 3.72. The number of fused-ring (bicyclic) bond motifs is 1. The average molecular weight is 206 g/mol. The number of hydrogen-bond donors (Lipinski definition) is 1. The quantitative estimate of drug-likeness (QED) is 0.707. The molecule has 0 fully saturated rings. The summed E-state index contributed by atoms with van der Waals surface area (Å²) in [6, 6.07) is 7.57. The van der Waals surface area contributed by atoms with Crippen molar-refractivity contribution in [3.05, 3.63) is 29.8 Å².